The van der Waals surface area contributed by atoms with E-state index in [1.807, 2.05) is 0 Å². The Morgan fingerprint density at radius 1 is 1.31 bits per heavy atom. The van der Waals surface area contributed by atoms with Crippen molar-refractivity contribution in [1.82, 2.24) is 15.3 Å². The number of nitrogens with one attached hydrogen (secondary N) is 1. The summed E-state index contributed by atoms with van der Waals surface area (Å²) in [6, 6.07) is 0. The number of nitrogens with zero attached hydrogens (tertiary/aromatic N) is 2. The van der Waals surface area contributed by atoms with Gasteiger partial charge in [-0.2, -0.15) is 0 Å². The normalized spacial score (nSPS) is 21.6. The Bertz CT molecular complexity index is 404. The van der Waals surface area contributed by atoms with Crippen molar-refractivity contribution in [3.63, 3.8) is 0 Å². The van der Waals surface area contributed by atoms with Gasteiger partial charge in [0.25, 0.3) is 0 Å². The van der Waals surface area contributed by atoms with E-state index in [1.165, 1.54) is 29.8 Å². The van der Waals surface area contributed by atoms with Crippen molar-refractivity contribution < 1.29 is 0 Å². The van der Waals surface area contributed by atoms with Crippen LogP contribution in [0.3, 0.4) is 0 Å². The summed E-state index contributed by atoms with van der Waals surface area (Å²) >= 11 is 0. The van der Waals surface area contributed by atoms with Crippen LogP contribution >= 0.6 is 0 Å². The average Bonchev–Trinajstić information content (AvgIpc) is 3.07. The third-order valence-electron chi connectivity index (χ3n) is 3.90. The van der Waals surface area contributed by atoms with Crippen LogP contribution in [0, 0.1) is 0 Å². The van der Waals surface area contributed by atoms with E-state index < -0.39 is 0 Å². The summed E-state index contributed by atoms with van der Waals surface area (Å²) in [5.41, 5.74) is 4.24. The van der Waals surface area contributed by atoms with Crippen LogP contribution in [-0.4, -0.2) is 16.5 Å². The van der Waals surface area contributed by atoms with Crippen molar-refractivity contribution in [2.45, 2.75) is 51.5 Å². The molecule has 1 N–H and O–H groups in total. The summed E-state index contributed by atoms with van der Waals surface area (Å²) in [4.78, 5) is 9.58. The van der Waals surface area contributed by atoms with Gasteiger partial charge in [-0.25, -0.2) is 9.97 Å². The van der Waals surface area contributed by atoms with Gasteiger partial charge < -0.3 is 5.32 Å². The lowest BCUT2D eigenvalue weighted by atomic mass is 10.0. The zero-order valence-electron chi connectivity index (χ0n) is 10.1. The minimum absolute atomic E-state index is 0.288. The Balaban J connectivity index is 2.09. The molecule has 0 spiro atoms. The van der Waals surface area contributed by atoms with Gasteiger partial charge in [-0.3, -0.25) is 0 Å². The number of hydrogen-bond acceptors (Lipinski definition) is 3. The first-order chi connectivity index (χ1) is 7.73. The maximum Gasteiger partial charge on any atom is 0.134 e. The van der Waals surface area contributed by atoms with Crippen molar-refractivity contribution in [2.24, 2.45) is 0 Å². The van der Waals surface area contributed by atoms with Crippen LogP contribution in [0.1, 0.15) is 49.5 Å². The molecule has 0 aromatic carbocycles. The second kappa shape index (κ2) is 3.52. The van der Waals surface area contributed by atoms with Crippen LogP contribution in [0.25, 0.3) is 0 Å². The van der Waals surface area contributed by atoms with E-state index in [9.17, 15) is 0 Å². The Hall–Kier alpha value is -0.960. The topological polar surface area (TPSA) is 37.8 Å². The van der Waals surface area contributed by atoms with Gasteiger partial charge in [0.1, 0.15) is 5.82 Å². The molecule has 86 valence electrons. The molecule has 1 aliphatic heterocycles. The van der Waals surface area contributed by atoms with Gasteiger partial charge in [0.05, 0.1) is 5.69 Å². The Morgan fingerprint density at radius 3 is 2.81 bits per heavy atom. The molecule has 2 heterocycles. The van der Waals surface area contributed by atoms with Gasteiger partial charge in [-0.05, 0) is 37.8 Å². The minimum Gasteiger partial charge on any atom is -0.311 e. The zero-order chi connectivity index (χ0) is 11.2. The smallest absolute Gasteiger partial charge is 0.134 e. The van der Waals surface area contributed by atoms with E-state index in [0.717, 1.165) is 31.8 Å². The molecule has 0 atom stereocenters. The molecule has 1 fully saturated rings. The predicted molar refractivity (Wildman–Crippen MR) is 63.4 cm³/mol. The number of rotatable bonds is 2. The molecule has 0 amide bonds. The Morgan fingerprint density at radius 2 is 2.12 bits per heavy atom. The van der Waals surface area contributed by atoms with Gasteiger partial charge in [0.2, 0.25) is 0 Å². The molecule has 0 unspecified atom stereocenters. The number of hydrogen-bond donors (Lipinski definition) is 1. The highest BCUT2D eigenvalue weighted by Gasteiger charge is 2.42. The fourth-order valence-electron chi connectivity index (χ4n) is 2.41. The lowest BCUT2D eigenvalue weighted by molar-refractivity contribution is 0.592. The van der Waals surface area contributed by atoms with Crippen LogP contribution in [0.15, 0.2) is 0 Å². The fraction of sp³-hybridized carbons (Fsp3) is 0.692. The van der Waals surface area contributed by atoms with Crippen LogP contribution in [-0.2, 0) is 24.8 Å². The van der Waals surface area contributed by atoms with E-state index in [1.54, 1.807) is 0 Å². The average molecular weight is 217 g/mol. The molecule has 3 nitrogen and oxygen atoms in total. The third-order valence-corrected chi connectivity index (χ3v) is 3.90. The van der Waals surface area contributed by atoms with E-state index in [0.29, 0.717) is 0 Å². The molecule has 0 radical (unpaired) electrons. The van der Waals surface area contributed by atoms with Crippen molar-refractivity contribution >= 4 is 0 Å². The van der Waals surface area contributed by atoms with E-state index >= 15 is 0 Å². The minimum atomic E-state index is 0.288. The van der Waals surface area contributed by atoms with Crippen LogP contribution < -0.4 is 5.32 Å². The molecule has 3 rings (SSSR count). The van der Waals surface area contributed by atoms with Gasteiger partial charge in [0.15, 0.2) is 0 Å². The zero-order valence-corrected chi connectivity index (χ0v) is 10.1. The molecule has 1 aromatic rings. The summed E-state index contributed by atoms with van der Waals surface area (Å²) in [5, 5.41) is 3.40. The second-order valence-electron chi connectivity index (χ2n) is 5.26. The standard InChI is InChI=1S/C13H19N3/c1-3-10-9-4-7-14-8-11(9)16-12(15-10)13(2)5-6-13/h14H,3-8H2,1-2H3. The van der Waals surface area contributed by atoms with E-state index in [-0.39, 0.29) is 5.41 Å². The highest BCUT2D eigenvalue weighted by molar-refractivity contribution is 5.31. The Labute approximate surface area is 96.7 Å². The molecule has 2 aliphatic rings. The monoisotopic (exact) mass is 217 g/mol. The molecule has 16 heavy (non-hydrogen) atoms. The summed E-state index contributed by atoms with van der Waals surface area (Å²) in [6.45, 7) is 6.47. The molecule has 1 saturated carbocycles. The summed E-state index contributed by atoms with van der Waals surface area (Å²) in [5.74, 6) is 1.09. The van der Waals surface area contributed by atoms with Crippen molar-refractivity contribution in [1.29, 1.82) is 0 Å². The second-order valence-corrected chi connectivity index (χ2v) is 5.26. The lowest BCUT2D eigenvalue weighted by Crippen LogP contribution is -2.28. The first-order valence-electron chi connectivity index (χ1n) is 6.33. The van der Waals surface area contributed by atoms with Crippen LogP contribution in [0.4, 0.5) is 0 Å². The van der Waals surface area contributed by atoms with Crippen molar-refractivity contribution in [2.75, 3.05) is 6.54 Å². The van der Waals surface area contributed by atoms with Crippen LogP contribution in [0.2, 0.25) is 0 Å². The van der Waals surface area contributed by atoms with Gasteiger partial charge in [0, 0.05) is 17.7 Å². The maximum absolute atomic E-state index is 4.80. The molecule has 0 saturated heterocycles. The molecular formula is C13H19N3. The third kappa shape index (κ3) is 1.54. The molecule has 0 bridgehead atoms. The fourth-order valence-corrected chi connectivity index (χ4v) is 2.41. The van der Waals surface area contributed by atoms with Crippen molar-refractivity contribution in [3.8, 4) is 0 Å². The lowest BCUT2D eigenvalue weighted by Gasteiger charge is -2.21. The Kier molecular flexibility index (Phi) is 2.25. The summed E-state index contributed by atoms with van der Waals surface area (Å²) in [7, 11) is 0. The van der Waals surface area contributed by atoms with E-state index in [4.69, 9.17) is 9.97 Å². The van der Waals surface area contributed by atoms with Crippen molar-refractivity contribution in [3.05, 3.63) is 22.8 Å². The maximum atomic E-state index is 4.80. The SMILES string of the molecule is CCc1nc(C2(C)CC2)nc2c1CCNC2. The largest absolute Gasteiger partial charge is 0.311 e. The quantitative estimate of drug-likeness (QED) is 0.820. The van der Waals surface area contributed by atoms with Gasteiger partial charge in [-0.1, -0.05) is 13.8 Å². The van der Waals surface area contributed by atoms with Gasteiger partial charge in [-0.15, -0.1) is 0 Å². The molecule has 1 aromatic heterocycles. The predicted octanol–water partition coefficient (Wildman–Crippen LogP) is 1.74. The van der Waals surface area contributed by atoms with E-state index in [2.05, 4.69) is 19.2 Å². The number of aryl methyl sites for hydroxylation is 1. The highest BCUT2D eigenvalue weighted by atomic mass is 15.0. The molecular weight excluding hydrogens is 198 g/mol. The summed E-state index contributed by atoms with van der Waals surface area (Å²) < 4.78 is 0. The highest BCUT2D eigenvalue weighted by Crippen LogP contribution is 2.46. The summed E-state index contributed by atoms with van der Waals surface area (Å²) in [6.07, 6.45) is 4.63. The molecule has 3 heteroatoms. The van der Waals surface area contributed by atoms with Crippen LogP contribution in [0.5, 0.6) is 0 Å². The van der Waals surface area contributed by atoms with Gasteiger partial charge >= 0.3 is 0 Å². The molecule has 1 aliphatic carbocycles. The first-order valence-corrected chi connectivity index (χ1v) is 6.33. The number of fused-ring (bicyclic) bond motifs is 1. The number of aromatic nitrogens is 2. The first kappa shape index (κ1) is 10.2.